The number of hydrogen-bond acceptors (Lipinski definition) is 6. The van der Waals surface area contributed by atoms with Crippen molar-refractivity contribution in [2.45, 2.75) is 27.7 Å². The van der Waals surface area contributed by atoms with Crippen LogP contribution in [0, 0.1) is 27.7 Å². The summed E-state index contributed by atoms with van der Waals surface area (Å²) in [7, 11) is 3.09. The maximum absolute atomic E-state index is 11.3. The molecule has 6 nitrogen and oxygen atoms in total. The molecule has 176 valence electrons. The number of fused-ring (bicyclic) bond motifs is 1. The highest BCUT2D eigenvalue weighted by molar-refractivity contribution is 6.12. The summed E-state index contributed by atoms with van der Waals surface area (Å²) < 4.78 is 11.1. The van der Waals surface area contributed by atoms with E-state index in [1.54, 1.807) is 52.3 Å². The average Bonchev–Trinajstić information content (AvgIpc) is 2.78. The first-order valence-electron chi connectivity index (χ1n) is 10.9. The maximum atomic E-state index is 11.3. The van der Waals surface area contributed by atoms with Crippen LogP contribution in [0.3, 0.4) is 0 Å². The molecule has 0 aliphatic carbocycles. The van der Waals surface area contributed by atoms with Gasteiger partial charge < -0.3 is 29.9 Å². The van der Waals surface area contributed by atoms with E-state index in [0.29, 0.717) is 44.5 Å². The van der Waals surface area contributed by atoms with Crippen molar-refractivity contribution >= 4 is 10.8 Å². The Morgan fingerprint density at radius 3 is 1.24 bits per heavy atom. The van der Waals surface area contributed by atoms with E-state index >= 15 is 0 Å². The molecule has 0 aromatic heterocycles. The molecular formula is C28H28O6. The van der Waals surface area contributed by atoms with Crippen LogP contribution >= 0.6 is 0 Å². The van der Waals surface area contributed by atoms with Gasteiger partial charge in [0.15, 0.2) is 11.5 Å². The number of aryl methyl sites for hydroxylation is 2. The van der Waals surface area contributed by atoms with E-state index < -0.39 is 11.5 Å². The topological polar surface area (TPSA) is 99.4 Å². The third-order valence-corrected chi connectivity index (χ3v) is 6.44. The summed E-state index contributed by atoms with van der Waals surface area (Å²) in [4.78, 5) is 0. The third kappa shape index (κ3) is 3.25. The van der Waals surface area contributed by atoms with Gasteiger partial charge in [-0.15, -0.1) is 0 Å². The molecule has 0 spiro atoms. The van der Waals surface area contributed by atoms with Gasteiger partial charge in [-0.1, -0.05) is 24.3 Å². The molecule has 0 saturated heterocycles. The van der Waals surface area contributed by atoms with Crippen LogP contribution in [-0.4, -0.2) is 34.6 Å². The first-order valence-corrected chi connectivity index (χ1v) is 10.9. The fraction of sp³-hybridized carbons (Fsp3) is 0.214. The van der Waals surface area contributed by atoms with Gasteiger partial charge in [-0.25, -0.2) is 0 Å². The molecule has 0 aliphatic rings. The molecule has 0 amide bonds. The van der Waals surface area contributed by atoms with Crippen molar-refractivity contribution in [3.63, 3.8) is 0 Å². The second kappa shape index (κ2) is 8.37. The second-order valence-corrected chi connectivity index (χ2v) is 8.48. The summed E-state index contributed by atoms with van der Waals surface area (Å²) in [5.74, 6) is 0.264. The normalized spacial score (nSPS) is 11.1. The molecule has 0 heterocycles. The number of phenolic OH excluding ortho intramolecular Hbond substituents is 4. The highest BCUT2D eigenvalue weighted by Crippen LogP contribution is 2.55. The Labute approximate surface area is 198 Å². The molecule has 0 radical (unpaired) electrons. The van der Waals surface area contributed by atoms with Crippen molar-refractivity contribution in [3.05, 3.63) is 58.7 Å². The zero-order valence-corrected chi connectivity index (χ0v) is 20.1. The minimum atomic E-state index is -0.406. The first-order chi connectivity index (χ1) is 16.1. The molecule has 0 fully saturated rings. The molecule has 6 heteroatoms. The standard InChI is InChI=1S/C28H28O6/c1-13-11-19(29)21(15(3)27(13)33-5)23-17-9-7-8-10-18(17)24(26(32)25(23)31)22-16(4)28(34-6)14(2)12-20(22)30/h7-12,29-32H,1-6H3. The van der Waals surface area contributed by atoms with Crippen LogP contribution in [-0.2, 0) is 0 Å². The molecule has 34 heavy (non-hydrogen) atoms. The van der Waals surface area contributed by atoms with Gasteiger partial charge in [0, 0.05) is 33.4 Å². The lowest BCUT2D eigenvalue weighted by Gasteiger charge is -2.22. The summed E-state index contributed by atoms with van der Waals surface area (Å²) in [5.41, 5.74) is 4.03. The summed E-state index contributed by atoms with van der Waals surface area (Å²) >= 11 is 0. The van der Waals surface area contributed by atoms with Crippen LogP contribution in [0.25, 0.3) is 33.0 Å². The highest BCUT2D eigenvalue weighted by Gasteiger charge is 2.28. The molecular weight excluding hydrogens is 432 g/mol. The average molecular weight is 461 g/mol. The number of rotatable bonds is 4. The molecule has 0 aliphatic heterocycles. The lowest BCUT2D eigenvalue weighted by molar-refractivity contribution is 0.402. The van der Waals surface area contributed by atoms with Crippen LogP contribution < -0.4 is 9.47 Å². The lowest BCUT2D eigenvalue weighted by atomic mass is 9.86. The molecule has 4 aromatic rings. The van der Waals surface area contributed by atoms with E-state index in [9.17, 15) is 20.4 Å². The smallest absolute Gasteiger partial charge is 0.166 e. The molecule has 0 bridgehead atoms. The molecule has 4 rings (SSSR count). The fourth-order valence-electron chi connectivity index (χ4n) is 5.06. The maximum Gasteiger partial charge on any atom is 0.166 e. The summed E-state index contributed by atoms with van der Waals surface area (Å²) in [5, 5.41) is 45.6. The van der Waals surface area contributed by atoms with Gasteiger partial charge in [-0.2, -0.15) is 0 Å². The van der Waals surface area contributed by atoms with Crippen molar-refractivity contribution in [2.75, 3.05) is 14.2 Å². The van der Waals surface area contributed by atoms with Crippen molar-refractivity contribution in [2.24, 2.45) is 0 Å². The second-order valence-electron chi connectivity index (χ2n) is 8.48. The van der Waals surface area contributed by atoms with Gasteiger partial charge >= 0.3 is 0 Å². The number of aromatic hydroxyl groups is 4. The van der Waals surface area contributed by atoms with Crippen LogP contribution in [0.5, 0.6) is 34.5 Å². The summed E-state index contributed by atoms with van der Waals surface area (Å²) in [6.07, 6.45) is 0. The predicted molar refractivity (Wildman–Crippen MR) is 134 cm³/mol. The van der Waals surface area contributed by atoms with Crippen molar-refractivity contribution in [1.29, 1.82) is 0 Å². The van der Waals surface area contributed by atoms with Gasteiger partial charge in [-0.05, 0) is 61.7 Å². The molecule has 0 unspecified atom stereocenters. The van der Waals surface area contributed by atoms with Gasteiger partial charge in [0.1, 0.15) is 23.0 Å². The van der Waals surface area contributed by atoms with Gasteiger partial charge in [-0.3, -0.25) is 0 Å². The largest absolute Gasteiger partial charge is 0.507 e. The Morgan fingerprint density at radius 1 is 0.559 bits per heavy atom. The zero-order valence-electron chi connectivity index (χ0n) is 20.1. The van der Waals surface area contributed by atoms with Gasteiger partial charge in [0.25, 0.3) is 0 Å². The zero-order chi connectivity index (χ0) is 24.9. The summed E-state index contributed by atoms with van der Waals surface area (Å²) in [6.45, 7) is 7.23. The SMILES string of the molecule is COc1c(C)cc(O)c(-c2c(O)c(O)c(-c3c(O)cc(C)c(OC)c3C)c3ccccc23)c1C. The van der Waals surface area contributed by atoms with E-state index in [1.165, 1.54) is 0 Å². The minimum Gasteiger partial charge on any atom is -0.507 e. The van der Waals surface area contributed by atoms with Crippen molar-refractivity contribution in [3.8, 4) is 56.8 Å². The molecule has 4 N–H and O–H groups in total. The van der Waals surface area contributed by atoms with E-state index in [-0.39, 0.29) is 22.6 Å². The Kier molecular flexibility index (Phi) is 5.69. The van der Waals surface area contributed by atoms with E-state index in [2.05, 4.69) is 0 Å². The Balaban J connectivity index is 2.20. The number of hydrogen-bond donors (Lipinski definition) is 4. The van der Waals surface area contributed by atoms with Crippen LogP contribution in [0.4, 0.5) is 0 Å². The quantitative estimate of drug-likeness (QED) is 0.269. The van der Waals surface area contributed by atoms with Crippen molar-refractivity contribution in [1.82, 2.24) is 0 Å². The highest BCUT2D eigenvalue weighted by atomic mass is 16.5. The number of benzene rings is 4. The van der Waals surface area contributed by atoms with E-state index in [0.717, 1.165) is 11.1 Å². The summed E-state index contributed by atoms with van der Waals surface area (Å²) in [6, 6.07) is 10.4. The van der Waals surface area contributed by atoms with Crippen LogP contribution in [0.15, 0.2) is 36.4 Å². The Hall–Kier alpha value is -4.06. The predicted octanol–water partition coefficient (Wildman–Crippen LogP) is 6.25. The third-order valence-electron chi connectivity index (χ3n) is 6.44. The Morgan fingerprint density at radius 2 is 0.912 bits per heavy atom. The number of methoxy groups -OCH3 is 2. The van der Waals surface area contributed by atoms with E-state index in [1.807, 2.05) is 26.0 Å². The number of ether oxygens (including phenoxy) is 2. The Bertz CT molecular complexity index is 1340. The molecule has 0 saturated carbocycles. The van der Waals surface area contributed by atoms with Gasteiger partial charge in [0.2, 0.25) is 0 Å². The van der Waals surface area contributed by atoms with E-state index in [4.69, 9.17) is 9.47 Å². The fourth-order valence-corrected chi connectivity index (χ4v) is 5.06. The van der Waals surface area contributed by atoms with Gasteiger partial charge in [0.05, 0.1) is 14.2 Å². The minimum absolute atomic E-state index is 0.0422. The molecule has 4 aromatic carbocycles. The van der Waals surface area contributed by atoms with Crippen molar-refractivity contribution < 1.29 is 29.9 Å². The molecule has 0 atom stereocenters. The van der Waals surface area contributed by atoms with Crippen LogP contribution in [0.1, 0.15) is 22.3 Å². The first kappa shape index (κ1) is 23.1. The van der Waals surface area contributed by atoms with Crippen LogP contribution in [0.2, 0.25) is 0 Å². The number of phenols is 4. The monoisotopic (exact) mass is 460 g/mol. The lowest BCUT2D eigenvalue weighted by Crippen LogP contribution is -1.98.